The number of thiazole rings is 1. The Morgan fingerprint density at radius 3 is 2.42 bits per heavy atom. The van der Waals surface area contributed by atoms with Crippen LogP contribution in [0.25, 0.3) is 0 Å². The Kier molecular flexibility index (Phi) is 15.0. The first kappa shape index (κ1) is 38.9. The average Bonchev–Trinajstić information content (AvgIpc) is 3.84. The van der Waals surface area contributed by atoms with Crippen molar-refractivity contribution in [1.82, 2.24) is 30.8 Å². The summed E-state index contributed by atoms with van der Waals surface area (Å²) in [5.74, 6) is 0.779. The van der Waals surface area contributed by atoms with Gasteiger partial charge in [-0.2, -0.15) is 0 Å². The van der Waals surface area contributed by atoms with Gasteiger partial charge >= 0.3 is 6.09 Å². The summed E-state index contributed by atoms with van der Waals surface area (Å²) in [6.45, 7) is 5.13. The second-order valence-electron chi connectivity index (χ2n) is 13.9. The molecule has 0 bridgehead atoms. The van der Waals surface area contributed by atoms with Crippen molar-refractivity contribution in [1.29, 1.82) is 0 Å². The van der Waals surface area contributed by atoms with E-state index in [2.05, 4.69) is 43.4 Å². The van der Waals surface area contributed by atoms with E-state index in [0.717, 1.165) is 36.1 Å². The molecule has 278 valence electrons. The lowest BCUT2D eigenvalue weighted by atomic mass is 9.93. The minimum Gasteiger partial charge on any atom is -0.445 e. The molecule has 2 amide bonds. The van der Waals surface area contributed by atoms with E-state index in [4.69, 9.17) is 14.1 Å². The van der Waals surface area contributed by atoms with E-state index < -0.39 is 30.3 Å². The molecule has 52 heavy (non-hydrogen) atoms. The number of hydrogen-bond donors (Lipinski definition) is 4. The Labute approximate surface area is 310 Å². The SMILES string of the molecule is CC(C)[C@H](NCN(C)Cc1csc(C2CC=CCC2)n1)C(=O)N[C@@H](Cc1ccccc1)C[C@H](O)[C@H](Cc1ccccc1)NC(=O)OCc1cnco1. The third-order valence-corrected chi connectivity index (χ3v) is 10.3. The average molecular weight is 729 g/mol. The molecule has 5 rings (SSSR count). The highest BCUT2D eigenvalue weighted by atomic mass is 32.1. The van der Waals surface area contributed by atoms with Crippen LogP contribution in [-0.2, 0) is 35.5 Å². The third kappa shape index (κ3) is 12.4. The standard InChI is InChI=1S/C40H52N6O5S/c1-28(2)37(42-26-46(3)23-33-25-52-39(44-33)31-17-11-6-12-18-31)38(48)43-32(19-29-13-7-4-8-14-29)21-36(47)35(20-30-15-9-5-10-16-30)45-40(49)50-24-34-22-41-27-51-34/h4-11,13-16,22,25,27-28,31-32,35-37,42,47H,12,17-21,23-24,26H2,1-3H3,(H,43,48)(H,45,49)/t31?,32-,35-,36-,37-/m0/s1. The molecule has 0 fully saturated rings. The first-order valence-corrected chi connectivity index (χ1v) is 19.0. The summed E-state index contributed by atoms with van der Waals surface area (Å²) >= 11 is 1.74. The second-order valence-corrected chi connectivity index (χ2v) is 14.8. The van der Waals surface area contributed by atoms with E-state index in [1.807, 2.05) is 81.6 Å². The van der Waals surface area contributed by atoms with E-state index in [0.29, 0.717) is 37.7 Å². The molecule has 1 unspecified atom stereocenters. The van der Waals surface area contributed by atoms with Crippen LogP contribution in [0.2, 0.25) is 0 Å². The highest BCUT2D eigenvalue weighted by molar-refractivity contribution is 7.09. The topological polar surface area (TPSA) is 142 Å². The molecule has 2 aromatic carbocycles. The molecule has 1 aliphatic carbocycles. The summed E-state index contributed by atoms with van der Waals surface area (Å²) in [6.07, 6.45) is 9.95. The molecular weight excluding hydrogens is 677 g/mol. The highest BCUT2D eigenvalue weighted by Crippen LogP contribution is 2.31. The number of nitrogens with zero attached hydrogens (tertiary/aromatic N) is 3. The molecule has 1 aliphatic rings. The molecule has 11 nitrogen and oxygen atoms in total. The molecular formula is C40H52N6O5S. The predicted molar refractivity (Wildman–Crippen MR) is 202 cm³/mol. The Morgan fingerprint density at radius 1 is 1.04 bits per heavy atom. The van der Waals surface area contributed by atoms with E-state index in [-0.39, 0.29) is 24.9 Å². The molecule has 2 aromatic heterocycles. The second kappa shape index (κ2) is 20.0. The molecule has 0 spiro atoms. The summed E-state index contributed by atoms with van der Waals surface area (Å²) in [5.41, 5.74) is 3.01. The van der Waals surface area contributed by atoms with Gasteiger partial charge in [0, 0.05) is 30.6 Å². The van der Waals surface area contributed by atoms with Crippen LogP contribution in [0.15, 0.2) is 95.2 Å². The van der Waals surface area contributed by atoms with Crippen molar-refractivity contribution in [3.05, 3.63) is 118 Å². The number of aromatic nitrogens is 2. The van der Waals surface area contributed by atoms with Gasteiger partial charge in [0.2, 0.25) is 5.91 Å². The minimum absolute atomic E-state index is 0.00700. The summed E-state index contributed by atoms with van der Waals surface area (Å²) in [7, 11) is 2.02. The zero-order valence-corrected chi connectivity index (χ0v) is 31.1. The lowest BCUT2D eigenvalue weighted by Crippen LogP contribution is -2.54. The van der Waals surface area contributed by atoms with E-state index >= 15 is 0 Å². The molecule has 0 saturated carbocycles. The van der Waals surface area contributed by atoms with E-state index in [1.54, 1.807) is 11.3 Å². The van der Waals surface area contributed by atoms with Crippen molar-refractivity contribution in [2.24, 2.45) is 5.92 Å². The van der Waals surface area contributed by atoms with Gasteiger partial charge in [0.05, 0.1) is 35.1 Å². The van der Waals surface area contributed by atoms with Gasteiger partial charge in [0.25, 0.3) is 0 Å². The smallest absolute Gasteiger partial charge is 0.407 e. The summed E-state index contributed by atoms with van der Waals surface area (Å²) in [5, 5.41) is 24.6. The number of carbonyl (C=O) groups excluding carboxylic acids is 2. The van der Waals surface area contributed by atoms with Gasteiger partial charge in [-0.3, -0.25) is 15.0 Å². The van der Waals surface area contributed by atoms with Crippen LogP contribution >= 0.6 is 11.3 Å². The van der Waals surface area contributed by atoms with E-state index in [1.165, 1.54) is 17.6 Å². The summed E-state index contributed by atoms with van der Waals surface area (Å²) < 4.78 is 10.5. The normalized spacial score (nSPS) is 16.7. The van der Waals surface area contributed by atoms with Crippen LogP contribution in [0.1, 0.15) is 73.0 Å². The quantitative estimate of drug-likeness (QED) is 0.0679. The molecule has 2 heterocycles. The molecule has 0 saturated heterocycles. The molecule has 12 heteroatoms. The van der Waals surface area contributed by atoms with Crippen molar-refractivity contribution >= 4 is 23.3 Å². The van der Waals surface area contributed by atoms with Crippen LogP contribution in [-0.4, -0.2) is 69.9 Å². The Bertz CT molecular complexity index is 1670. The number of carbonyl (C=O) groups is 2. The van der Waals surface area contributed by atoms with Gasteiger partial charge in [-0.15, -0.1) is 11.3 Å². The number of oxazole rings is 1. The maximum atomic E-state index is 14.0. The maximum absolute atomic E-state index is 14.0. The number of nitrogens with one attached hydrogen (secondary N) is 3. The Morgan fingerprint density at radius 2 is 1.77 bits per heavy atom. The first-order chi connectivity index (χ1) is 25.2. The number of rotatable bonds is 19. The van der Waals surface area contributed by atoms with E-state index in [9.17, 15) is 14.7 Å². The van der Waals surface area contributed by atoms with Crippen LogP contribution in [0.3, 0.4) is 0 Å². The van der Waals surface area contributed by atoms with Gasteiger partial charge in [0.1, 0.15) is 0 Å². The van der Waals surface area contributed by atoms with Crippen LogP contribution in [0, 0.1) is 5.92 Å². The van der Waals surface area contributed by atoms with Crippen LogP contribution < -0.4 is 16.0 Å². The number of allylic oxidation sites excluding steroid dienone is 2. The van der Waals surface area contributed by atoms with Crippen LogP contribution in [0.5, 0.6) is 0 Å². The number of benzene rings is 2. The number of hydrogen-bond acceptors (Lipinski definition) is 10. The predicted octanol–water partition coefficient (Wildman–Crippen LogP) is 5.97. The van der Waals surface area contributed by atoms with Crippen molar-refractivity contribution in [3.8, 4) is 0 Å². The van der Waals surface area contributed by atoms with Crippen molar-refractivity contribution in [2.45, 2.75) is 95.7 Å². The summed E-state index contributed by atoms with van der Waals surface area (Å²) in [6, 6.07) is 18.0. The third-order valence-electron chi connectivity index (χ3n) is 9.24. The fourth-order valence-electron chi connectivity index (χ4n) is 6.45. The first-order valence-electron chi connectivity index (χ1n) is 18.1. The number of aliphatic hydroxyl groups is 1. The minimum atomic E-state index is -1.00. The van der Waals surface area contributed by atoms with Crippen molar-refractivity contribution in [2.75, 3.05) is 13.7 Å². The van der Waals surface area contributed by atoms with Crippen molar-refractivity contribution < 1.29 is 23.8 Å². The monoisotopic (exact) mass is 728 g/mol. The lowest BCUT2D eigenvalue weighted by molar-refractivity contribution is -0.125. The van der Waals surface area contributed by atoms with Crippen LogP contribution in [0.4, 0.5) is 4.79 Å². The molecule has 4 N–H and O–H groups in total. The fraction of sp³-hybridized carbons (Fsp3) is 0.450. The Hall–Kier alpha value is -4.36. The lowest BCUT2D eigenvalue weighted by Gasteiger charge is -2.30. The molecule has 5 atom stereocenters. The van der Waals surface area contributed by atoms with Gasteiger partial charge in [-0.1, -0.05) is 86.7 Å². The number of aliphatic hydroxyl groups excluding tert-OH is 1. The number of amides is 2. The molecule has 0 radical (unpaired) electrons. The zero-order chi connectivity index (χ0) is 36.7. The highest BCUT2D eigenvalue weighted by Gasteiger charge is 2.30. The largest absolute Gasteiger partial charge is 0.445 e. The Balaban J connectivity index is 1.22. The number of alkyl carbamates (subject to hydrolysis) is 1. The number of ether oxygens (including phenoxy) is 1. The van der Waals surface area contributed by atoms with Gasteiger partial charge < -0.3 is 24.9 Å². The molecule has 0 aliphatic heterocycles. The molecule has 4 aromatic rings. The zero-order valence-electron chi connectivity index (χ0n) is 30.3. The van der Waals surface area contributed by atoms with Gasteiger partial charge in [-0.25, -0.2) is 14.8 Å². The maximum Gasteiger partial charge on any atom is 0.407 e. The van der Waals surface area contributed by atoms with Gasteiger partial charge in [0.15, 0.2) is 18.8 Å². The summed E-state index contributed by atoms with van der Waals surface area (Å²) in [4.78, 5) is 37.8. The van der Waals surface area contributed by atoms with Gasteiger partial charge in [-0.05, 0) is 62.6 Å². The fourth-order valence-corrected chi connectivity index (χ4v) is 7.41. The van der Waals surface area contributed by atoms with Crippen molar-refractivity contribution in [3.63, 3.8) is 0 Å².